The molecule has 4 aromatic rings. The van der Waals surface area contributed by atoms with E-state index in [1.165, 1.54) is 0 Å². The lowest BCUT2D eigenvalue weighted by molar-refractivity contribution is 0.0224. The first-order valence-electron chi connectivity index (χ1n) is 13.1. The normalized spacial score (nSPS) is 16.8. The summed E-state index contributed by atoms with van der Waals surface area (Å²) in [5.74, 6) is 1.01. The van der Waals surface area contributed by atoms with Crippen LogP contribution in [-0.2, 0) is 10.3 Å². The summed E-state index contributed by atoms with van der Waals surface area (Å²) in [5, 5.41) is 4.02. The molecule has 0 radical (unpaired) electrons. The van der Waals surface area contributed by atoms with Gasteiger partial charge in [-0.05, 0) is 61.9 Å². The third-order valence-electron chi connectivity index (χ3n) is 7.38. The van der Waals surface area contributed by atoms with Gasteiger partial charge < -0.3 is 19.7 Å². The number of benzene rings is 4. The third kappa shape index (κ3) is 3.89. The number of carbonyl (C=O) groups is 1. The average Bonchev–Trinajstić information content (AvgIpc) is 3.23. The van der Waals surface area contributed by atoms with Gasteiger partial charge in [-0.3, -0.25) is 0 Å². The lowest BCUT2D eigenvalue weighted by Gasteiger charge is -2.37. The Morgan fingerprint density at radius 2 is 1.68 bits per heavy atom. The highest BCUT2D eigenvalue weighted by Gasteiger charge is 2.53. The Balaban J connectivity index is 1.51. The molecule has 4 aromatic carbocycles. The summed E-state index contributed by atoms with van der Waals surface area (Å²) in [5.41, 5.74) is 4.55. The second-order valence-electron chi connectivity index (χ2n) is 9.65. The number of carbonyl (C=O) groups excluding carboxylic acids is 1. The smallest absolute Gasteiger partial charge is 0.340 e. The Kier molecular flexibility index (Phi) is 6.24. The standard InChI is InChI=1S/C32H29ClN2O3/c1-3-5-18-35(4-2)22-15-16-25-30(20-22)37-29-17-14-21(34-28-13-9-8-12-27(28)33)19-26(29)32(25)24-11-7-6-10-23(24)31(36)38-32/h6-17,19-20,34H,3-5,18H2,1-2H3. The van der Waals surface area contributed by atoms with Gasteiger partial charge in [-0.15, -0.1) is 0 Å². The number of nitrogens with one attached hydrogen (secondary N) is 1. The van der Waals surface area contributed by atoms with Crippen LogP contribution in [-0.4, -0.2) is 19.1 Å². The monoisotopic (exact) mass is 524 g/mol. The van der Waals surface area contributed by atoms with Crippen LogP contribution in [0.2, 0.25) is 5.02 Å². The van der Waals surface area contributed by atoms with Gasteiger partial charge >= 0.3 is 5.97 Å². The lowest BCUT2D eigenvalue weighted by atomic mass is 9.77. The van der Waals surface area contributed by atoms with Crippen LogP contribution < -0.4 is 15.0 Å². The van der Waals surface area contributed by atoms with Gasteiger partial charge in [0.15, 0.2) is 5.60 Å². The van der Waals surface area contributed by atoms with Crippen molar-refractivity contribution in [3.8, 4) is 11.5 Å². The molecule has 0 aromatic heterocycles. The molecule has 2 heterocycles. The summed E-state index contributed by atoms with van der Waals surface area (Å²) in [7, 11) is 0. The predicted molar refractivity (Wildman–Crippen MR) is 152 cm³/mol. The molecular weight excluding hydrogens is 496 g/mol. The maximum atomic E-state index is 13.2. The van der Waals surface area contributed by atoms with Gasteiger partial charge in [0, 0.05) is 47.2 Å². The van der Waals surface area contributed by atoms with Crippen molar-refractivity contribution in [3.05, 3.63) is 112 Å². The largest absolute Gasteiger partial charge is 0.456 e. The molecule has 1 unspecified atom stereocenters. The maximum Gasteiger partial charge on any atom is 0.340 e. The van der Waals surface area contributed by atoms with Gasteiger partial charge in [-0.25, -0.2) is 4.79 Å². The van der Waals surface area contributed by atoms with Gasteiger partial charge in [0.1, 0.15) is 11.5 Å². The molecule has 0 aliphatic carbocycles. The van der Waals surface area contributed by atoms with E-state index in [1.807, 2.05) is 72.8 Å². The molecule has 0 bridgehead atoms. The van der Waals surface area contributed by atoms with Crippen LogP contribution in [0.1, 0.15) is 53.7 Å². The van der Waals surface area contributed by atoms with Crippen molar-refractivity contribution >= 4 is 34.6 Å². The van der Waals surface area contributed by atoms with Gasteiger partial charge in [-0.1, -0.05) is 55.3 Å². The van der Waals surface area contributed by atoms with E-state index in [0.29, 0.717) is 22.1 Å². The number of rotatable bonds is 7. The van der Waals surface area contributed by atoms with E-state index in [4.69, 9.17) is 21.1 Å². The summed E-state index contributed by atoms with van der Waals surface area (Å²) >= 11 is 6.41. The van der Waals surface area contributed by atoms with Crippen LogP contribution in [0.3, 0.4) is 0 Å². The van der Waals surface area contributed by atoms with Crippen LogP contribution in [0.25, 0.3) is 0 Å². The summed E-state index contributed by atoms with van der Waals surface area (Å²) in [6.07, 6.45) is 2.25. The van der Waals surface area contributed by atoms with Crippen molar-refractivity contribution in [1.82, 2.24) is 0 Å². The lowest BCUT2D eigenvalue weighted by Crippen LogP contribution is -2.33. The topological polar surface area (TPSA) is 50.8 Å². The number of anilines is 3. The fourth-order valence-corrected chi connectivity index (χ4v) is 5.66. The van der Waals surface area contributed by atoms with Gasteiger partial charge in [-0.2, -0.15) is 0 Å². The van der Waals surface area contributed by atoms with E-state index < -0.39 is 5.60 Å². The molecule has 0 amide bonds. The molecule has 1 N–H and O–H groups in total. The molecule has 1 spiro atoms. The zero-order valence-electron chi connectivity index (χ0n) is 21.5. The SMILES string of the molecule is CCCCN(CC)c1ccc2c(c1)Oc1ccc(Nc3ccccc3Cl)cc1C21OC(=O)c2ccccc21. The summed E-state index contributed by atoms with van der Waals surface area (Å²) in [6.45, 7) is 6.23. The molecular formula is C32H29ClN2O3. The predicted octanol–water partition coefficient (Wildman–Crippen LogP) is 8.28. The number of ether oxygens (including phenoxy) is 2. The molecule has 38 heavy (non-hydrogen) atoms. The highest BCUT2D eigenvalue weighted by molar-refractivity contribution is 6.33. The van der Waals surface area contributed by atoms with Crippen LogP contribution in [0.15, 0.2) is 84.9 Å². The third-order valence-corrected chi connectivity index (χ3v) is 7.71. The van der Waals surface area contributed by atoms with Crippen LogP contribution in [0, 0.1) is 0 Å². The molecule has 1 atom stereocenters. The van der Waals surface area contributed by atoms with E-state index in [-0.39, 0.29) is 5.97 Å². The van der Waals surface area contributed by atoms with Crippen molar-refractivity contribution in [2.45, 2.75) is 32.3 Å². The number of unbranched alkanes of at least 4 members (excludes halogenated alkanes) is 1. The van der Waals surface area contributed by atoms with Crippen molar-refractivity contribution in [2.24, 2.45) is 0 Å². The quantitative estimate of drug-likeness (QED) is 0.246. The second-order valence-corrected chi connectivity index (χ2v) is 10.1. The zero-order valence-corrected chi connectivity index (χ0v) is 22.2. The number of nitrogens with zero attached hydrogens (tertiary/aromatic N) is 1. The Labute approximate surface area is 228 Å². The first-order valence-corrected chi connectivity index (χ1v) is 13.5. The molecule has 192 valence electrons. The number of hydrogen-bond acceptors (Lipinski definition) is 5. The average molecular weight is 525 g/mol. The fraction of sp³-hybridized carbons (Fsp3) is 0.219. The molecule has 6 heteroatoms. The summed E-state index contributed by atoms with van der Waals surface area (Å²) in [4.78, 5) is 15.6. The number of hydrogen-bond donors (Lipinski definition) is 1. The number of fused-ring (bicyclic) bond motifs is 6. The minimum atomic E-state index is -1.12. The minimum absolute atomic E-state index is 0.342. The number of halogens is 1. The van der Waals surface area contributed by atoms with Crippen LogP contribution in [0.4, 0.5) is 17.1 Å². The molecule has 5 nitrogen and oxygen atoms in total. The number of para-hydroxylation sites is 1. The minimum Gasteiger partial charge on any atom is -0.456 e. The second kappa shape index (κ2) is 9.73. The first kappa shape index (κ1) is 24.4. The van der Waals surface area contributed by atoms with Crippen molar-refractivity contribution in [1.29, 1.82) is 0 Å². The zero-order chi connectivity index (χ0) is 26.3. The van der Waals surface area contributed by atoms with E-state index in [0.717, 1.165) is 59.7 Å². The molecule has 2 aliphatic rings. The van der Waals surface area contributed by atoms with Crippen molar-refractivity contribution in [3.63, 3.8) is 0 Å². The summed E-state index contributed by atoms with van der Waals surface area (Å²) < 4.78 is 12.9. The molecule has 2 aliphatic heterocycles. The maximum absolute atomic E-state index is 13.2. The Morgan fingerprint density at radius 3 is 2.50 bits per heavy atom. The van der Waals surface area contributed by atoms with E-state index in [2.05, 4.69) is 36.2 Å². The van der Waals surface area contributed by atoms with Crippen molar-refractivity contribution in [2.75, 3.05) is 23.3 Å². The Morgan fingerprint density at radius 1 is 0.868 bits per heavy atom. The van der Waals surface area contributed by atoms with Crippen molar-refractivity contribution < 1.29 is 14.3 Å². The van der Waals surface area contributed by atoms with E-state index >= 15 is 0 Å². The number of esters is 1. The molecule has 0 saturated carbocycles. The van der Waals surface area contributed by atoms with Gasteiger partial charge in [0.05, 0.1) is 16.3 Å². The van der Waals surface area contributed by atoms with E-state index in [9.17, 15) is 4.79 Å². The van der Waals surface area contributed by atoms with Crippen LogP contribution in [0.5, 0.6) is 11.5 Å². The molecule has 0 fully saturated rings. The van der Waals surface area contributed by atoms with Gasteiger partial charge in [0.2, 0.25) is 0 Å². The fourth-order valence-electron chi connectivity index (χ4n) is 5.47. The Bertz CT molecular complexity index is 1540. The molecule has 0 saturated heterocycles. The summed E-state index contributed by atoms with van der Waals surface area (Å²) in [6, 6.07) is 27.3. The molecule has 6 rings (SSSR count). The first-order chi connectivity index (χ1) is 18.5. The highest BCUT2D eigenvalue weighted by atomic mass is 35.5. The highest BCUT2D eigenvalue weighted by Crippen LogP contribution is 2.57. The van der Waals surface area contributed by atoms with Crippen LogP contribution >= 0.6 is 11.6 Å². The van der Waals surface area contributed by atoms with E-state index in [1.54, 1.807) is 0 Å². The Hall–Kier alpha value is -3.96. The van der Waals surface area contributed by atoms with Gasteiger partial charge in [0.25, 0.3) is 0 Å².